The van der Waals surface area contributed by atoms with Crippen molar-refractivity contribution < 1.29 is 4.74 Å². The molecule has 1 aliphatic carbocycles. The first kappa shape index (κ1) is 14.8. The van der Waals surface area contributed by atoms with Crippen LogP contribution >= 0.6 is 0 Å². The van der Waals surface area contributed by atoms with E-state index in [1.54, 1.807) is 7.11 Å². The highest BCUT2D eigenvalue weighted by Crippen LogP contribution is 2.30. The summed E-state index contributed by atoms with van der Waals surface area (Å²) >= 11 is 0. The zero-order valence-electron chi connectivity index (χ0n) is 12.6. The second-order valence-electron chi connectivity index (χ2n) is 5.56. The Morgan fingerprint density at radius 1 is 1.15 bits per heavy atom. The van der Waals surface area contributed by atoms with Crippen molar-refractivity contribution in [3.05, 3.63) is 0 Å². The second kappa shape index (κ2) is 7.26. The lowest BCUT2D eigenvalue weighted by Crippen LogP contribution is -2.15. The van der Waals surface area contributed by atoms with Crippen molar-refractivity contribution in [1.29, 1.82) is 0 Å². The molecule has 0 aliphatic heterocycles. The van der Waals surface area contributed by atoms with E-state index in [4.69, 9.17) is 4.74 Å². The van der Waals surface area contributed by atoms with E-state index in [0.29, 0.717) is 17.9 Å². The number of nitrogens with zero attached hydrogens (tertiary/aromatic N) is 3. The number of hydrogen-bond donors (Lipinski definition) is 2. The Labute approximate surface area is 120 Å². The van der Waals surface area contributed by atoms with E-state index in [2.05, 4.69) is 39.4 Å². The minimum absolute atomic E-state index is 0.348. The van der Waals surface area contributed by atoms with Crippen molar-refractivity contribution in [3.63, 3.8) is 0 Å². The lowest BCUT2D eigenvalue weighted by molar-refractivity contribution is 0.379. The van der Waals surface area contributed by atoms with Crippen LogP contribution < -0.4 is 15.4 Å². The fraction of sp³-hybridized carbons (Fsp3) is 0.786. The van der Waals surface area contributed by atoms with Gasteiger partial charge in [0.1, 0.15) is 0 Å². The summed E-state index contributed by atoms with van der Waals surface area (Å²) in [6, 6.07) is 0.348. The molecule has 0 saturated heterocycles. The standard InChI is InChI=1S/C14H25N5O/c1-4-7-15-12-17-13(19-14(18-12)20-3)16-9-11-6-5-10(2)8-11/h10-11H,4-9H2,1-3H3,(H2,15,16,17,18,19). The number of rotatable bonds is 7. The van der Waals surface area contributed by atoms with Gasteiger partial charge in [0.05, 0.1) is 7.11 Å². The van der Waals surface area contributed by atoms with E-state index in [1.807, 2.05) is 0 Å². The predicted molar refractivity (Wildman–Crippen MR) is 80.2 cm³/mol. The molecule has 1 aromatic heterocycles. The van der Waals surface area contributed by atoms with E-state index in [9.17, 15) is 0 Å². The Hall–Kier alpha value is -1.59. The number of ether oxygens (including phenoxy) is 1. The molecular weight excluding hydrogens is 254 g/mol. The van der Waals surface area contributed by atoms with E-state index >= 15 is 0 Å². The fourth-order valence-corrected chi connectivity index (χ4v) is 2.59. The molecule has 0 radical (unpaired) electrons. The molecule has 0 amide bonds. The molecule has 2 unspecified atom stereocenters. The molecule has 0 spiro atoms. The topological polar surface area (TPSA) is 72.0 Å². The Morgan fingerprint density at radius 2 is 1.90 bits per heavy atom. The zero-order chi connectivity index (χ0) is 14.4. The summed E-state index contributed by atoms with van der Waals surface area (Å²) in [5.41, 5.74) is 0. The highest BCUT2D eigenvalue weighted by molar-refractivity contribution is 5.35. The summed E-state index contributed by atoms with van der Waals surface area (Å²) in [6.45, 7) is 6.18. The van der Waals surface area contributed by atoms with Crippen molar-refractivity contribution >= 4 is 11.9 Å². The molecule has 6 heteroatoms. The van der Waals surface area contributed by atoms with Crippen molar-refractivity contribution in [1.82, 2.24) is 15.0 Å². The van der Waals surface area contributed by atoms with Gasteiger partial charge in [0, 0.05) is 13.1 Å². The Balaban J connectivity index is 1.95. The maximum Gasteiger partial charge on any atom is 0.322 e. The molecule has 2 rings (SSSR count). The highest BCUT2D eigenvalue weighted by atomic mass is 16.5. The molecule has 1 aromatic rings. The van der Waals surface area contributed by atoms with Crippen LogP contribution in [0.2, 0.25) is 0 Å². The largest absolute Gasteiger partial charge is 0.467 e. The van der Waals surface area contributed by atoms with Gasteiger partial charge in [-0.05, 0) is 31.1 Å². The molecule has 1 heterocycles. The Morgan fingerprint density at radius 3 is 2.50 bits per heavy atom. The third kappa shape index (κ3) is 4.21. The smallest absolute Gasteiger partial charge is 0.322 e. The summed E-state index contributed by atoms with van der Waals surface area (Å²) in [5.74, 6) is 2.73. The van der Waals surface area contributed by atoms with Gasteiger partial charge in [0.15, 0.2) is 0 Å². The predicted octanol–water partition coefficient (Wildman–Crippen LogP) is 2.55. The summed E-state index contributed by atoms with van der Waals surface area (Å²) in [6.07, 6.45) is 4.93. The lowest BCUT2D eigenvalue weighted by atomic mass is 10.1. The molecule has 1 fully saturated rings. The van der Waals surface area contributed by atoms with Crippen LogP contribution in [0.4, 0.5) is 11.9 Å². The van der Waals surface area contributed by atoms with Crippen LogP contribution in [0.5, 0.6) is 6.01 Å². The monoisotopic (exact) mass is 279 g/mol. The zero-order valence-corrected chi connectivity index (χ0v) is 12.6. The SMILES string of the molecule is CCCNc1nc(NCC2CCC(C)C2)nc(OC)n1. The normalized spacial score (nSPS) is 21.8. The molecule has 2 atom stereocenters. The maximum atomic E-state index is 5.12. The maximum absolute atomic E-state index is 5.12. The lowest BCUT2D eigenvalue weighted by Gasteiger charge is -2.12. The Bertz CT molecular complexity index is 426. The van der Waals surface area contributed by atoms with Gasteiger partial charge < -0.3 is 15.4 Å². The first-order chi connectivity index (χ1) is 9.71. The molecular formula is C14H25N5O. The van der Waals surface area contributed by atoms with Crippen LogP contribution in [-0.2, 0) is 0 Å². The minimum atomic E-state index is 0.348. The molecule has 1 saturated carbocycles. The Kier molecular flexibility index (Phi) is 5.38. The number of nitrogens with one attached hydrogen (secondary N) is 2. The van der Waals surface area contributed by atoms with Crippen molar-refractivity contribution in [3.8, 4) is 6.01 Å². The summed E-state index contributed by atoms with van der Waals surface area (Å²) in [5, 5.41) is 6.48. The van der Waals surface area contributed by atoms with Crippen LogP contribution in [0.25, 0.3) is 0 Å². The van der Waals surface area contributed by atoms with Gasteiger partial charge in [-0.15, -0.1) is 0 Å². The van der Waals surface area contributed by atoms with Gasteiger partial charge in [0.25, 0.3) is 0 Å². The van der Waals surface area contributed by atoms with E-state index < -0.39 is 0 Å². The van der Waals surface area contributed by atoms with Crippen LogP contribution in [0, 0.1) is 11.8 Å². The van der Waals surface area contributed by atoms with Gasteiger partial charge in [-0.3, -0.25) is 0 Å². The van der Waals surface area contributed by atoms with Gasteiger partial charge in [-0.1, -0.05) is 20.3 Å². The number of methoxy groups -OCH3 is 1. The van der Waals surface area contributed by atoms with E-state index in [0.717, 1.165) is 31.3 Å². The average molecular weight is 279 g/mol. The van der Waals surface area contributed by atoms with Crippen LogP contribution in [0.1, 0.15) is 39.5 Å². The van der Waals surface area contributed by atoms with Crippen LogP contribution in [0.3, 0.4) is 0 Å². The quantitative estimate of drug-likeness (QED) is 0.799. The van der Waals surface area contributed by atoms with Crippen LogP contribution in [0.15, 0.2) is 0 Å². The molecule has 0 bridgehead atoms. The number of hydrogen-bond acceptors (Lipinski definition) is 6. The molecule has 2 N–H and O–H groups in total. The van der Waals surface area contributed by atoms with Crippen molar-refractivity contribution in [2.24, 2.45) is 11.8 Å². The summed E-state index contributed by atoms with van der Waals surface area (Å²) < 4.78 is 5.12. The second-order valence-corrected chi connectivity index (χ2v) is 5.56. The first-order valence-electron chi connectivity index (χ1n) is 7.49. The van der Waals surface area contributed by atoms with E-state index in [-0.39, 0.29) is 0 Å². The number of anilines is 2. The molecule has 112 valence electrons. The molecule has 1 aliphatic rings. The first-order valence-corrected chi connectivity index (χ1v) is 7.49. The van der Waals surface area contributed by atoms with Crippen LogP contribution in [-0.4, -0.2) is 35.2 Å². The van der Waals surface area contributed by atoms with Gasteiger partial charge >= 0.3 is 6.01 Å². The van der Waals surface area contributed by atoms with E-state index in [1.165, 1.54) is 19.3 Å². The van der Waals surface area contributed by atoms with Gasteiger partial charge in [-0.2, -0.15) is 15.0 Å². The molecule has 6 nitrogen and oxygen atoms in total. The highest BCUT2D eigenvalue weighted by Gasteiger charge is 2.21. The molecule has 0 aromatic carbocycles. The van der Waals surface area contributed by atoms with Gasteiger partial charge in [0.2, 0.25) is 11.9 Å². The third-order valence-electron chi connectivity index (χ3n) is 3.68. The summed E-state index contributed by atoms with van der Waals surface area (Å²) in [4.78, 5) is 12.8. The minimum Gasteiger partial charge on any atom is -0.467 e. The van der Waals surface area contributed by atoms with Gasteiger partial charge in [-0.25, -0.2) is 0 Å². The van der Waals surface area contributed by atoms with Crippen molar-refractivity contribution in [2.45, 2.75) is 39.5 Å². The summed E-state index contributed by atoms with van der Waals surface area (Å²) in [7, 11) is 1.57. The average Bonchev–Trinajstić information content (AvgIpc) is 2.88. The third-order valence-corrected chi connectivity index (χ3v) is 3.68. The fourth-order valence-electron chi connectivity index (χ4n) is 2.59. The number of aromatic nitrogens is 3. The molecule has 20 heavy (non-hydrogen) atoms. The van der Waals surface area contributed by atoms with Crippen molar-refractivity contribution in [2.75, 3.05) is 30.8 Å².